The Morgan fingerprint density at radius 2 is 1.93 bits per heavy atom. The molecule has 0 aliphatic rings. The molecule has 0 spiro atoms. The van der Waals surface area contributed by atoms with Gasteiger partial charge in [-0.05, 0) is 19.1 Å². The highest BCUT2D eigenvalue weighted by atomic mass is 32.2. The summed E-state index contributed by atoms with van der Waals surface area (Å²) in [6.45, 7) is 2.08. The van der Waals surface area contributed by atoms with Crippen LogP contribution in [-0.2, 0) is 28.0 Å². The molecule has 0 saturated heterocycles. The van der Waals surface area contributed by atoms with Crippen molar-refractivity contribution < 1.29 is 30.8 Å². The number of rotatable bonds is 4. The zero-order chi connectivity index (χ0) is 22.3. The van der Waals surface area contributed by atoms with Gasteiger partial charge in [-0.1, -0.05) is 0 Å². The number of amides is 1. The van der Waals surface area contributed by atoms with Gasteiger partial charge in [0.15, 0.2) is 5.82 Å². The van der Waals surface area contributed by atoms with Gasteiger partial charge in [-0.3, -0.25) is 9.36 Å². The predicted molar refractivity (Wildman–Crippen MR) is 91.1 cm³/mol. The fourth-order valence-corrected chi connectivity index (χ4v) is 3.56. The van der Waals surface area contributed by atoms with Gasteiger partial charge in [-0.15, -0.1) is 5.10 Å². The van der Waals surface area contributed by atoms with E-state index in [0.717, 1.165) is 14.0 Å². The normalized spacial score (nSPS) is 11.9. The lowest BCUT2D eigenvalue weighted by Gasteiger charge is -2.22. The number of aromatic nitrogens is 3. The van der Waals surface area contributed by atoms with Crippen LogP contribution in [0.3, 0.4) is 0 Å². The van der Waals surface area contributed by atoms with Gasteiger partial charge in [0.25, 0.3) is 0 Å². The number of benzene rings is 1. The van der Waals surface area contributed by atoms with E-state index in [0.29, 0.717) is 12.1 Å². The molecule has 0 bridgehead atoms. The van der Waals surface area contributed by atoms with Gasteiger partial charge in [-0.2, -0.15) is 23.1 Å². The molecule has 29 heavy (non-hydrogen) atoms. The van der Waals surface area contributed by atoms with Crippen LogP contribution < -0.4 is 9.99 Å². The second kappa shape index (κ2) is 7.32. The zero-order valence-corrected chi connectivity index (χ0v) is 16.0. The molecule has 9 nitrogen and oxygen atoms in total. The molecule has 0 atom stereocenters. The van der Waals surface area contributed by atoms with Crippen molar-refractivity contribution in [1.29, 1.82) is 5.26 Å². The summed E-state index contributed by atoms with van der Waals surface area (Å²) >= 11 is 0. The van der Waals surface area contributed by atoms with Crippen LogP contribution in [0.4, 0.5) is 23.2 Å². The summed E-state index contributed by atoms with van der Waals surface area (Å²) in [5.74, 6) is -4.56. The van der Waals surface area contributed by atoms with Crippen LogP contribution in [0.15, 0.2) is 16.9 Å². The third-order valence-corrected chi connectivity index (χ3v) is 5.54. The third kappa shape index (κ3) is 3.86. The van der Waals surface area contributed by atoms with E-state index < -0.39 is 62.1 Å². The number of hydrogen-bond donors (Lipinski definition) is 0. The van der Waals surface area contributed by atoms with Gasteiger partial charge >= 0.3 is 11.9 Å². The molecule has 1 heterocycles. The highest BCUT2D eigenvalue weighted by Crippen LogP contribution is 2.30. The van der Waals surface area contributed by atoms with Gasteiger partial charge in [-0.25, -0.2) is 21.9 Å². The Labute approximate surface area is 161 Å². The van der Waals surface area contributed by atoms with Crippen molar-refractivity contribution in [1.82, 2.24) is 14.3 Å². The Bertz CT molecular complexity index is 1190. The molecule has 0 radical (unpaired) electrons. The fourth-order valence-electron chi connectivity index (χ4n) is 2.46. The number of carbonyl (C=O) groups is 1. The van der Waals surface area contributed by atoms with Crippen molar-refractivity contribution in [3.63, 3.8) is 0 Å². The Morgan fingerprint density at radius 3 is 2.34 bits per heavy atom. The molecule has 0 N–H and O–H groups in total. The Kier molecular flexibility index (Phi) is 5.57. The number of anilines is 1. The predicted octanol–water partition coefficient (Wildman–Crippen LogP) is 1.30. The molecule has 0 aliphatic carbocycles. The Hall–Kier alpha value is -3.21. The number of hydrogen-bond acceptors (Lipinski definition) is 6. The van der Waals surface area contributed by atoms with E-state index in [-0.39, 0.29) is 13.6 Å². The fraction of sp³-hybridized carbons (Fsp3) is 0.333. The summed E-state index contributed by atoms with van der Waals surface area (Å²) in [6.07, 6.45) is -5.03. The van der Waals surface area contributed by atoms with Crippen molar-refractivity contribution in [2.24, 2.45) is 7.05 Å². The maximum atomic E-state index is 14.5. The highest BCUT2D eigenvalue weighted by molar-refractivity contribution is 7.93. The summed E-state index contributed by atoms with van der Waals surface area (Å²) in [4.78, 5) is 24.1. The first-order valence-corrected chi connectivity index (χ1v) is 9.38. The topological polar surface area (TPSA) is 118 Å². The molecule has 0 saturated carbocycles. The minimum atomic E-state index is -5.03. The minimum absolute atomic E-state index is 0.0691. The van der Waals surface area contributed by atoms with Gasteiger partial charge in [0.1, 0.15) is 11.8 Å². The smallest absolute Gasteiger partial charge is 0.274 e. The SMILES string of the molecule is CCS(=O)(=O)N(C(C)=O)c1cc(-n2nc(C(F)(F)F)n(C)c2=O)c(F)cc1C#N. The molecule has 0 unspecified atom stereocenters. The first-order valence-electron chi connectivity index (χ1n) is 7.77. The first kappa shape index (κ1) is 22.1. The standard InChI is InChI=1S/C15H13F4N5O4S/c1-4-29(27,28)24(8(2)25)11-6-12(10(16)5-9(11)7-20)23-14(26)22(3)13(21-23)15(17,18)19/h5-6H,4H2,1-3H3. The molecular weight excluding hydrogens is 422 g/mol. The van der Waals surface area contributed by atoms with Gasteiger partial charge in [0.05, 0.1) is 17.0 Å². The summed E-state index contributed by atoms with van der Waals surface area (Å²) < 4.78 is 78.4. The number of nitriles is 1. The van der Waals surface area contributed by atoms with Crippen molar-refractivity contribution >= 4 is 21.6 Å². The van der Waals surface area contributed by atoms with Gasteiger partial charge in [0.2, 0.25) is 21.8 Å². The average Bonchev–Trinajstić information content (AvgIpc) is 2.91. The zero-order valence-electron chi connectivity index (χ0n) is 15.2. The second-order valence-electron chi connectivity index (χ2n) is 5.69. The molecule has 0 fully saturated rings. The average molecular weight is 435 g/mol. The summed E-state index contributed by atoms with van der Waals surface area (Å²) in [7, 11) is -3.51. The molecule has 1 aromatic heterocycles. The molecule has 0 aliphatic heterocycles. The van der Waals surface area contributed by atoms with Crippen molar-refractivity contribution in [2.75, 3.05) is 10.1 Å². The molecule has 1 amide bonds. The molecule has 2 aromatic rings. The van der Waals surface area contributed by atoms with Crippen LogP contribution in [0.2, 0.25) is 0 Å². The maximum absolute atomic E-state index is 14.5. The number of alkyl halides is 3. The number of nitrogens with zero attached hydrogens (tertiary/aromatic N) is 5. The molecule has 156 valence electrons. The van der Waals surface area contributed by atoms with Gasteiger partial charge < -0.3 is 0 Å². The quantitative estimate of drug-likeness (QED) is 0.668. The number of sulfonamides is 1. The first-order chi connectivity index (χ1) is 13.3. The number of halogens is 4. The van der Waals surface area contributed by atoms with Crippen LogP contribution in [0.1, 0.15) is 25.2 Å². The number of carbonyl (C=O) groups excluding carboxylic acids is 1. The molecular formula is C15H13F4N5O4S. The monoisotopic (exact) mass is 435 g/mol. The highest BCUT2D eigenvalue weighted by Gasteiger charge is 2.38. The van der Waals surface area contributed by atoms with Crippen molar-refractivity contribution in [2.45, 2.75) is 20.0 Å². The van der Waals surface area contributed by atoms with E-state index in [1.807, 2.05) is 0 Å². The Balaban J connectivity index is 2.89. The summed E-state index contributed by atoms with van der Waals surface area (Å²) in [5, 5.41) is 12.3. The van der Waals surface area contributed by atoms with E-state index >= 15 is 0 Å². The maximum Gasteiger partial charge on any atom is 0.451 e. The van der Waals surface area contributed by atoms with Crippen LogP contribution in [0, 0.1) is 17.1 Å². The van der Waals surface area contributed by atoms with E-state index in [1.165, 1.54) is 13.0 Å². The largest absolute Gasteiger partial charge is 0.451 e. The van der Waals surface area contributed by atoms with Crippen LogP contribution in [0.25, 0.3) is 5.69 Å². The lowest BCUT2D eigenvalue weighted by Crippen LogP contribution is -2.37. The summed E-state index contributed by atoms with van der Waals surface area (Å²) in [6, 6.07) is 2.62. The Morgan fingerprint density at radius 1 is 1.34 bits per heavy atom. The summed E-state index contributed by atoms with van der Waals surface area (Å²) in [5.41, 5.74) is -3.45. The van der Waals surface area contributed by atoms with Gasteiger partial charge in [0, 0.05) is 14.0 Å². The van der Waals surface area contributed by atoms with E-state index in [4.69, 9.17) is 0 Å². The van der Waals surface area contributed by atoms with E-state index in [2.05, 4.69) is 5.10 Å². The molecule has 2 rings (SSSR count). The van der Waals surface area contributed by atoms with Crippen LogP contribution in [-0.4, -0.2) is 34.4 Å². The van der Waals surface area contributed by atoms with E-state index in [9.17, 15) is 40.8 Å². The van der Waals surface area contributed by atoms with E-state index in [1.54, 1.807) is 0 Å². The van der Waals surface area contributed by atoms with Crippen LogP contribution in [0.5, 0.6) is 0 Å². The minimum Gasteiger partial charge on any atom is -0.274 e. The lowest BCUT2D eigenvalue weighted by molar-refractivity contribution is -0.147. The van der Waals surface area contributed by atoms with Crippen molar-refractivity contribution in [3.05, 3.63) is 39.8 Å². The molecule has 1 aromatic carbocycles. The lowest BCUT2D eigenvalue weighted by atomic mass is 10.1. The van der Waals surface area contributed by atoms with Crippen LogP contribution >= 0.6 is 0 Å². The second-order valence-corrected chi connectivity index (χ2v) is 7.80. The van der Waals surface area contributed by atoms with Crippen molar-refractivity contribution in [3.8, 4) is 11.8 Å². The third-order valence-electron chi connectivity index (χ3n) is 3.80. The molecule has 14 heteroatoms.